The number of urea groups is 1. The molecule has 2 rings (SSSR count). The highest BCUT2D eigenvalue weighted by Gasteiger charge is 2.35. The molecule has 4 nitrogen and oxygen atoms in total. The molecule has 0 saturated carbocycles. The third-order valence-electron chi connectivity index (χ3n) is 3.34. The Morgan fingerprint density at radius 3 is 2.74 bits per heavy atom. The van der Waals surface area contributed by atoms with E-state index in [4.69, 9.17) is 4.84 Å². The highest BCUT2D eigenvalue weighted by Crippen LogP contribution is 2.18. The van der Waals surface area contributed by atoms with Crippen molar-refractivity contribution in [2.24, 2.45) is 0 Å². The molecule has 1 heterocycles. The van der Waals surface area contributed by atoms with Gasteiger partial charge in [-0.2, -0.15) is 5.06 Å². The quantitative estimate of drug-likeness (QED) is 0.789. The lowest BCUT2D eigenvalue weighted by atomic mass is 10.2. The van der Waals surface area contributed by atoms with Crippen LogP contribution in [-0.4, -0.2) is 35.1 Å². The summed E-state index contributed by atoms with van der Waals surface area (Å²) < 4.78 is 0. The highest BCUT2D eigenvalue weighted by molar-refractivity contribution is 5.75. The molecule has 0 unspecified atom stereocenters. The number of hydrogen-bond acceptors (Lipinski definition) is 2. The minimum absolute atomic E-state index is 0.00289. The second-order valence-corrected chi connectivity index (χ2v) is 5.02. The summed E-state index contributed by atoms with van der Waals surface area (Å²) in [5, 5.41) is 1.52. The van der Waals surface area contributed by atoms with Gasteiger partial charge in [0.15, 0.2) is 0 Å². The first-order valence-electron chi connectivity index (χ1n) is 6.97. The average molecular weight is 262 g/mol. The second-order valence-electron chi connectivity index (χ2n) is 5.02. The number of carbonyl (C=O) groups is 1. The maximum atomic E-state index is 12.2. The van der Waals surface area contributed by atoms with Gasteiger partial charge in [-0.05, 0) is 18.9 Å². The standard InChI is InChI=1S/C15H22N2O2/c1-3-4-10-16-11-13(2)17(15(16)18)19-12-14-8-6-5-7-9-14/h5-9,13H,3-4,10-12H2,1-2H3/t13-/m1/s1. The molecule has 1 aromatic rings. The van der Waals surface area contributed by atoms with Crippen molar-refractivity contribution in [1.82, 2.24) is 9.96 Å². The number of nitrogens with zero attached hydrogens (tertiary/aromatic N) is 2. The number of hydrogen-bond donors (Lipinski definition) is 0. The van der Waals surface area contributed by atoms with Gasteiger partial charge in [-0.25, -0.2) is 4.79 Å². The molecule has 0 N–H and O–H groups in total. The largest absolute Gasteiger partial charge is 0.344 e. The third kappa shape index (κ3) is 3.47. The number of rotatable bonds is 6. The lowest BCUT2D eigenvalue weighted by molar-refractivity contribution is -0.136. The summed E-state index contributed by atoms with van der Waals surface area (Å²) in [6.45, 7) is 6.18. The molecule has 2 amide bonds. The fourth-order valence-corrected chi connectivity index (χ4v) is 2.24. The molecule has 0 aliphatic carbocycles. The first-order chi connectivity index (χ1) is 9.22. The molecule has 1 aliphatic rings. The number of carbonyl (C=O) groups excluding carboxylic acids is 1. The fraction of sp³-hybridized carbons (Fsp3) is 0.533. The molecule has 0 aromatic heterocycles. The van der Waals surface area contributed by atoms with Gasteiger partial charge in [-0.1, -0.05) is 43.7 Å². The Bertz CT molecular complexity index is 408. The van der Waals surface area contributed by atoms with Crippen molar-refractivity contribution in [3.8, 4) is 0 Å². The van der Waals surface area contributed by atoms with Crippen LogP contribution >= 0.6 is 0 Å². The van der Waals surface area contributed by atoms with E-state index in [1.165, 1.54) is 5.06 Å². The summed E-state index contributed by atoms with van der Waals surface area (Å²) in [4.78, 5) is 19.7. The fourth-order valence-electron chi connectivity index (χ4n) is 2.24. The van der Waals surface area contributed by atoms with E-state index in [-0.39, 0.29) is 12.1 Å². The van der Waals surface area contributed by atoms with Gasteiger partial charge >= 0.3 is 6.03 Å². The van der Waals surface area contributed by atoms with Gasteiger partial charge in [0.05, 0.1) is 6.04 Å². The molecular weight excluding hydrogens is 240 g/mol. The number of benzene rings is 1. The van der Waals surface area contributed by atoms with E-state index in [1.807, 2.05) is 42.2 Å². The van der Waals surface area contributed by atoms with Crippen LogP contribution in [0.3, 0.4) is 0 Å². The summed E-state index contributed by atoms with van der Waals surface area (Å²) in [6.07, 6.45) is 2.15. The normalized spacial score (nSPS) is 19.3. The first-order valence-corrected chi connectivity index (χ1v) is 6.97. The van der Waals surface area contributed by atoms with Crippen LogP contribution in [0.2, 0.25) is 0 Å². The van der Waals surface area contributed by atoms with E-state index < -0.39 is 0 Å². The summed E-state index contributed by atoms with van der Waals surface area (Å²) in [5.74, 6) is 0. The summed E-state index contributed by atoms with van der Waals surface area (Å²) in [5.41, 5.74) is 1.08. The van der Waals surface area contributed by atoms with Crippen LogP contribution in [0.5, 0.6) is 0 Å². The van der Waals surface area contributed by atoms with E-state index in [0.29, 0.717) is 6.61 Å². The Morgan fingerprint density at radius 2 is 2.05 bits per heavy atom. The smallest absolute Gasteiger partial charge is 0.321 e. The van der Waals surface area contributed by atoms with Gasteiger partial charge in [0.2, 0.25) is 0 Å². The highest BCUT2D eigenvalue weighted by atomic mass is 16.7. The van der Waals surface area contributed by atoms with Crippen molar-refractivity contribution in [3.05, 3.63) is 35.9 Å². The van der Waals surface area contributed by atoms with Crippen LogP contribution < -0.4 is 0 Å². The second kappa shape index (κ2) is 6.57. The predicted octanol–water partition coefficient (Wildman–Crippen LogP) is 3.04. The molecule has 1 fully saturated rings. The summed E-state index contributed by atoms with van der Waals surface area (Å²) in [7, 11) is 0. The minimum Gasteiger partial charge on any atom is -0.321 e. The molecule has 19 heavy (non-hydrogen) atoms. The number of amides is 2. The Kier molecular flexibility index (Phi) is 4.80. The zero-order chi connectivity index (χ0) is 13.7. The Balaban J connectivity index is 1.88. The van der Waals surface area contributed by atoms with Crippen molar-refractivity contribution in [2.45, 2.75) is 39.3 Å². The molecule has 0 radical (unpaired) electrons. The molecule has 0 spiro atoms. The maximum Gasteiger partial charge on any atom is 0.344 e. The van der Waals surface area contributed by atoms with Crippen molar-refractivity contribution >= 4 is 6.03 Å². The van der Waals surface area contributed by atoms with E-state index >= 15 is 0 Å². The molecule has 1 saturated heterocycles. The Morgan fingerprint density at radius 1 is 1.32 bits per heavy atom. The Hall–Kier alpha value is -1.55. The molecule has 104 valence electrons. The predicted molar refractivity (Wildman–Crippen MR) is 74.4 cm³/mol. The Labute approximate surface area is 114 Å². The molecule has 1 aromatic carbocycles. The van der Waals surface area contributed by atoms with E-state index in [9.17, 15) is 4.79 Å². The molecular formula is C15H22N2O2. The minimum atomic E-state index is -0.00289. The van der Waals surface area contributed by atoms with Gasteiger partial charge in [-0.3, -0.25) is 4.84 Å². The van der Waals surface area contributed by atoms with Gasteiger partial charge < -0.3 is 4.90 Å². The third-order valence-corrected chi connectivity index (χ3v) is 3.34. The van der Waals surface area contributed by atoms with Gasteiger partial charge in [0.25, 0.3) is 0 Å². The van der Waals surface area contributed by atoms with Crippen molar-refractivity contribution in [3.63, 3.8) is 0 Å². The monoisotopic (exact) mass is 262 g/mol. The van der Waals surface area contributed by atoms with E-state index in [0.717, 1.165) is 31.5 Å². The zero-order valence-electron chi connectivity index (χ0n) is 11.7. The van der Waals surface area contributed by atoms with Crippen LogP contribution in [0.1, 0.15) is 32.3 Å². The number of hydroxylamine groups is 2. The maximum absolute atomic E-state index is 12.2. The summed E-state index contributed by atoms with van der Waals surface area (Å²) in [6, 6.07) is 10.0. The van der Waals surface area contributed by atoms with Crippen LogP contribution in [0, 0.1) is 0 Å². The average Bonchev–Trinajstić information content (AvgIpc) is 2.70. The van der Waals surface area contributed by atoms with Crippen LogP contribution in [0.25, 0.3) is 0 Å². The van der Waals surface area contributed by atoms with Gasteiger partial charge in [-0.15, -0.1) is 0 Å². The van der Waals surface area contributed by atoms with Crippen molar-refractivity contribution < 1.29 is 9.63 Å². The zero-order valence-corrected chi connectivity index (χ0v) is 11.7. The lowest BCUT2D eigenvalue weighted by Crippen LogP contribution is -2.34. The molecule has 1 atom stereocenters. The van der Waals surface area contributed by atoms with E-state index in [1.54, 1.807) is 0 Å². The van der Waals surface area contributed by atoms with Crippen LogP contribution in [0.4, 0.5) is 4.79 Å². The van der Waals surface area contributed by atoms with Crippen LogP contribution in [0.15, 0.2) is 30.3 Å². The lowest BCUT2D eigenvalue weighted by Gasteiger charge is -2.20. The topological polar surface area (TPSA) is 32.8 Å². The van der Waals surface area contributed by atoms with Crippen LogP contribution in [-0.2, 0) is 11.4 Å². The van der Waals surface area contributed by atoms with E-state index in [2.05, 4.69) is 6.92 Å². The molecule has 0 bridgehead atoms. The van der Waals surface area contributed by atoms with Crippen molar-refractivity contribution in [1.29, 1.82) is 0 Å². The first kappa shape index (κ1) is 13.9. The van der Waals surface area contributed by atoms with Gasteiger partial charge in [0.1, 0.15) is 6.61 Å². The number of unbranched alkanes of at least 4 members (excludes halogenated alkanes) is 1. The molecule has 4 heteroatoms. The molecule has 1 aliphatic heterocycles. The SMILES string of the molecule is CCCCN1C[C@@H](C)N(OCc2ccccc2)C1=O. The summed E-state index contributed by atoms with van der Waals surface area (Å²) >= 11 is 0. The van der Waals surface area contributed by atoms with Crippen molar-refractivity contribution in [2.75, 3.05) is 13.1 Å². The van der Waals surface area contributed by atoms with Gasteiger partial charge in [0, 0.05) is 13.1 Å².